The Bertz CT molecular complexity index is 766. The molecule has 0 unspecified atom stereocenters. The Morgan fingerprint density at radius 2 is 1.74 bits per heavy atom. The Morgan fingerprint density at radius 3 is 2.53 bits per heavy atom. The molecular formula is C16H13FN2. The minimum atomic E-state index is -0.217. The van der Waals surface area contributed by atoms with E-state index in [-0.39, 0.29) is 5.82 Å². The van der Waals surface area contributed by atoms with Gasteiger partial charge in [-0.3, -0.25) is 4.98 Å². The van der Waals surface area contributed by atoms with Gasteiger partial charge in [-0.1, -0.05) is 18.2 Å². The van der Waals surface area contributed by atoms with Gasteiger partial charge in [0, 0.05) is 17.1 Å². The van der Waals surface area contributed by atoms with Crippen molar-refractivity contribution < 1.29 is 4.39 Å². The first-order valence-electron chi connectivity index (χ1n) is 6.15. The molecule has 0 spiro atoms. The molecule has 3 rings (SSSR count). The summed E-state index contributed by atoms with van der Waals surface area (Å²) in [5, 5.41) is 0.553. The quantitative estimate of drug-likeness (QED) is 0.653. The molecule has 19 heavy (non-hydrogen) atoms. The summed E-state index contributed by atoms with van der Waals surface area (Å²) >= 11 is 0. The molecular weight excluding hydrogens is 239 g/mol. The number of para-hydroxylation sites is 1. The molecule has 0 bridgehead atoms. The molecule has 0 aliphatic heterocycles. The number of hydrogen-bond acceptors (Lipinski definition) is 2. The maximum absolute atomic E-state index is 14.4. The van der Waals surface area contributed by atoms with Gasteiger partial charge in [-0.2, -0.15) is 0 Å². The lowest BCUT2D eigenvalue weighted by Crippen LogP contribution is -1.98. The Kier molecular flexibility index (Phi) is 2.75. The smallest absolute Gasteiger partial charge is 0.137 e. The number of aromatic nitrogens is 2. The fourth-order valence-corrected chi connectivity index (χ4v) is 2.23. The number of nitrogens with zero attached hydrogens (tertiary/aromatic N) is 2. The highest BCUT2D eigenvalue weighted by atomic mass is 19.1. The third-order valence-corrected chi connectivity index (χ3v) is 3.29. The van der Waals surface area contributed by atoms with Crippen molar-refractivity contribution in [2.75, 3.05) is 0 Å². The first-order valence-corrected chi connectivity index (χ1v) is 6.15. The molecule has 0 amide bonds. The van der Waals surface area contributed by atoms with E-state index in [4.69, 9.17) is 0 Å². The van der Waals surface area contributed by atoms with Crippen molar-refractivity contribution in [2.24, 2.45) is 0 Å². The van der Waals surface area contributed by atoms with Crippen LogP contribution in [0, 0.1) is 19.7 Å². The maximum Gasteiger partial charge on any atom is 0.137 e. The van der Waals surface area contributed by atoms with E-state index >= 15 is 0 Å². The lowest BCUT2D eigenvalue weighted by molar-refractivity contribution is 0.629. The van der Waals surface area contributed by atoms with Crippen molar-refractivity contribution in [1.29, 1.82) is 0 Å². The maximum atomic E-state index is 14.4. The molecule has 0 atom stereocenters. The SMILES string of the molecule is Cc1cccnc1-c1nc2ccccc2c(F)c1C. The van der Waals surface area contributed by atoms with Crippen LogP contribution in [0.3, 0.4) is 0 Å². The number of rotatable bonds is 1. The number of hydrogen-bond donors (Lipinski definition) is 0. The minimum absolute atomic E-state index is 0.217. The normalized spacial score (nSPS) is 10.9. The lowest BCUT2D eigenvalue weighted by atomic mass is 10.0. The number of fused-ring (bicyclic) bond motifs is 1. The predicted molar refractivity (Wildman–Crippen MR) is 74.4 cm³/mol. The monoisotopic (exact) mass is 252 g/mol. The van der Waals surface area contributed by atoms with Gasteiger partial charge in [0.2, 0.25) is 0 Å². The molecule has 94 valence electrons. The average molecular weight is 252 g/mol. The van der Waals surface area contributed by atoms with Crippen LogP contribution in [0.4, 0.5) is 4.39 Å². The molecule has 0 fully saturated rings. The topological polar surface area (TPSA) is 25.8 Å². The number of halogens is 1. The zero-order chi connectivity index (χ0) is 13.4. The van der Waals surface area contributed by atoms with E-state index in [2.05, 4.69) is 9.97 Å². The van der Waals surface area contributed by atoms with Crippen molar-refractivity contribution in [2.45, 2.75) is 13.8 Å². The molecule has 0 N–H and O–H groups in total. The van der Waals surface area contributed by atoms with Crippen molar-refractivity contribution >= 4 is 10.9 Å². The second-order valence-corrected chi connectivity index (χ2v) is 4.59. The molecule has 0 aliphatic rings. The summed E-state index contributed by atoms with van der Waals surface area (Å²) in [6.45, 7) is 3.70. The predicted octanol–water partition coefficient (Wildman–Crippen LogP) is 4.05. The van der Waals surface area contributed by atoms with Gasteiger partial charge >= 0.3 is 0 Å². The molecule has 1 aromatic carbocycles. The van der Waals surface area contributed by atoms with E-state index in [1.54, 1.807) is 19.2 Å². The second-order valence-electron chi connectivity index (χ2n) is 4.59. The van der Waals surface area contributed by atoms with Crippen LogP contribution in [0.15, 0.2) is 42.6 Å². The van der Waals surface area contributed by atoms with E-state index in [1.165, 1.54) is 0 Å². The van der Waals surface area contributed by atoms with Crippen LogP contribution in [0.5, 0.6) is 0 Å². The van der Waals surface area contributed by atoms with Gasteiger partial charge in [0.05, 0.1) is 16.9 Å². The Hall–Kier alpha value is -2.29. The van der Waals surface area contributed by atoms with Crippen LogP contribution in [0.25, 0.3) is 22.3 Å². The molecule has 2 aromatic heterocycles. The standard InChI is InChI=1S/C16H13FN2/c1-10-6-5-9-18-15(10)16-11(2)14(17)12-7-3-4-8-13(12)19-16/h3-9H,1-2H3. The molecule has 3 heteroatoms. The van der Waals surface area contributed by atoms with Crippen LogP contribution >= 0.6 is 0 Å². The average Bonchev–Trinajstić information content (AvgIpc) is 2.44. The zero-order valence-corrected chi connectivity index (χ0v) is 10.8. The first-order chi connectivity index (χ1) is 9.18. The molecule has 0 aliphatic carbocycles. The van der Waals surface area contributed by atoms with Gasteiger partial charge in [0.15, 0.2) is 0 Å². The zero-order valence-electron chi connectivity index (χ0n) is 10.8. The van der Waals surface area contributed by atoms with Crippen molar-refractivity contribution in [3.8, 4) is 11.4 Å². The van der Waals surface area contributed by atoms with Crippen LogP contribution in [-0.4, -0.2) is 9.97 Å². The molecule has 0 radical (unpaired) electrons. The van der Waals surface area contributed by atoms with E-state index in [9.17, 15) is 4.39 Å². The molecule has 0 saturated carbocycles. The summed E-state index contributed by atoms with van der Waals surface area (Å²) in [5.41, 5.74) is 3.55. The van der Waals surface area contributed by atoms with E-state index in [0.717, 1.165) is 11.3 Å². The van der Waals surface area contributed by atoms with Gasteiger partial charge in [-0.05, 0) is 37.6 Å². The highest BCUT2D eigenvalue weighted by Crippen LogP contribution is 2.28. The summed E-state index contributed by atoms with van der Waals surface area (Å²) in [5.74, 6) is -0.217. The van der Waals surface area contributed by atoms with Gasteiger partial charge in [-0.15, -0.1) is 0 Å². The van der Waals surface area contributed by atoms with Gasteiger partial charge in [-0.25, -0.2) is 9.37 Å². The molecule has 3 aromatic rings. The highest BCUT2D eigenvalue weighted by molar-refractivity contribution is 5.83. The Labute approximate surface area is 111 Å². The van der Waals surface area contributed by atoms with E-state index in [0.29, 0.717) is 22.2 Å². The van der Waals surface area contributed by atoms with Gasteiger partial charge < -0.3 is 0 Å². The lowest BCUT2D eigenvalue weighted by Gasteiger charge is -2.10. The first kappa shape index (κ1) is 11.8. The number of aryl methyl sites for hydroxylation is 1. The van der Waals surface area contributed by atoms with Crippen LogP contribution < -0.4 is 0 Å². The largest absolute Gasteiger partial charge is 0.254 e. The minimum Gasteiger partial charge on any atom is -0.254 e. The molecule has 2 nitrogen and oxygen atoms in total. The van der Waals surface area contributed by atoms with Crippen LogP contribution in [-0.2, 0) is 0 Å². The molecule has 2 heterocycles. The Balaban J connectivity index is 2.37. The fourth-order valence-electron chi connectivity index (χ4n) is 2.23. The van der Waals surface area contributed by atoms with E-state index in [1.807, 2.05) is 37.3 Å². The van der Waals surface area contributed by atoms with Crippen LogP contribution in [0.2, 0.25) is 0 Å². The van der Waals surface area contributed by atoms with Crippen LogP contribution in [0.1, 0.15) is 11.1 Å². The fraction of sp³-hybridized carbons (Fsp3) is 0.125. The summed E-state index contributed by atoms with van der Waals surface area (Å²) in [7, 11) is 0. The second kappa shape index (κ2) is 4.43. The highest BCUT2D eigenvalue weighted by Gasteiger charge is 2.14. The third kappa shape index (κ3) is 1.87. The summed E-state index contributed by atoms with van der Waals surface area (Å²) < 4.78 is 14.4. The van der Waals surface area contributed by atoms with Crippen molar-refractivity contribution in [3.05, 3.63) is 59.5 Å². The number of benzene rings is 1. The number of pyridine rings is 2. The Morgan fingerprint density at radius 1 is 0.947 bits per heavy atom. The van der Waals surface area contributed by atoms with Crippen molar-refractivity contribution in [1.82, 2.24) is 9.97 Å². The van der Waals surface area contributed by atoms with E-state index < -0.39 is 0 Å². The van der Waals surface area contributed by atoms with Gasteiger partial charge in [0.1, 0.15) is 5.82 Å². The summed E-state index contributed by atoms with van der Waals surface area (Å²) in [6, 6.07) is 11.1. The third-order valence-electron chi connectivity index (χ3n) is 3.29. The summed E-state index contributed by atoms with van der Waals surface area (Å²) in [6.07, 6.45) is 1.70. The molecule has 0 saturated heterocycles. The van der Waals surface area contributed by atoms with Gasteiger partial charge in [0.25, 0.3) is 0 Å². The van der Waals surface area contributed by atoms with Crippen molar-refractivity contribution in [3.63, 3.8) is 0 Å². The summed E-state index contributed by atoms with van der Waals surface area (Å²) in [4.78, 5) is 8.89.